The number of hydrogen-bond acceptors (Lipinski definition) is 8. The molecule has 2 aromatic carbocycles. The van der Waals surface area contributed by atoms with E-state index >= 15 is 0 Å². The monoisotopic (exact) mass is 496 g/mol. The Morgan fingerprint density at radius 2 is 1.58 bits per heavy atom. The first kappa shape index (κ1) is 25.8. The van der Waals surface area contributed by atoms with Crippen LogP contribution in [-0.2, 0) is 23.8 Å². The molecule has 0 aliphatic carbocycles. The Bertz CT molecular complexity index is 1020. The first-order chi connectivity index (χ1) is 15.6. The molecule has 0 aromatic heterocycles. The van der Waals surface area contributed by atoms with Crippen LogP contribution in [0.25, 0.3) is 0 Å². The van der Waals surface area contributed by atoms with Crippen molar-refractivity contribution in [1.29, 1.82) is 0 Å². The fraction of sp³-hybridized carbons (Fsp3) is 0.500. The Hall–Kier alpha value is -1.78. The summed E-state index contributed by atoms with van der Waals surface area (Å²) < 4.78 is 50.3. The standard InChI is InChI=1S/C24H32O7S2/c1-24(2,31-33(5,25)26)13-21-20-11-10-19(30-16-28-4)12-23(20)32-14-22(21)17-6-8-18(9-7-17)29-15-27-3/h6-12,21-22H,13-16H2,1-5H3. The molecule has 2 atom stereocenters. The van der Waals surface area contributed by atoms with Gasteiger partial charge in [0.05, 0.1) is 11.9 Å². The Kier molecular flexibility index (Phi) is 8.69. The van der Waals surface area contributed by atoms with Crippen LogP contribution in [0.2, 0.25) is 0 Å². The quantitative estimate of drug-likeness (QED) is 0.325. The molecule has 0 N–H and O–H groups in total. The molecule has 1 aliphatic heterocycles. The SMILES string of the molecule is COCOc1ccc(C2CSc3cc(OCOC)ccc3C2CC(C)(C)OS(C)(=O)=O)cc1. The van der Waals surface area contributed by atoms with Gasteiger partial charge in [-0.3, -0.25) is 4.18 Å². The molecule has 0 spiro atoms. The fourth-order valence-corrected chi connectivity index (χ4v) is 6.42. The number of hydrogen-bond donors (Lipinski definition) is 0. The molecular weight excluding hydrogens is 464 g/mol. The highest BCUT2D eigenvalue weighted by atomic mass is 32.2. The average Bonchev–Trinajstić information content (AvgIpc) is 2.75. The highest BCUT2D eigenvalue weighted by Gasteiger charge is 2.37. The third-order valence-corrected chi connectivity index (χ3v) is 7.32. The van der Waals surface area contributed by atoms with Crippen molar-refractivity contribution in [2.45, 2.75) is 42.6 Å². The second kappa shape index (κ2) is 11.1. The van der Waals surface area contributed by atoms with E-state index in [4.69, 9.17) is 23.1 Å². The molecule has 0 fully saturated rings. The van der Waals surface area contributed by atoms with E-state index in [1.165, 1.54) is 0 Å². The summed E-state index contributed by atoms with van der Waals surface area (Å²) in [6.45, 7) is 4.02. The molecule has 2 aromatic rings. The first-order valence-corrected chi connectivity index (χ1v) is 13.4. The van der Waals surface area contributed by atoms with Crippen LogP contribution in [0.4, 0.5) is 0 Å². The zero-order chi connectivity index (χ0) is 24.1. The molecule has 3 rings (SSSR count). The maximum atomic E-state index is 11.9. The molecule has 0 bridgehead atoms. The largest absolute Gasteiger partial charge is 0.468 e. The first-order valence-electron chi connectivity index (χ1n) is 10.6. The van der Waals surface area contributed by atoms with Crippen molar-refractivity contribution < 1.29 is 31.5 Å². The van der Waals surface area contributed by atoms with Gasteiger partial charge in [-0.1, -0.05) is 18.2 Å². The average molecular weight is 497 g/mol. The third-order valence-electron chi connectivity index (χ3n) is 5.37. The van der Waals surface area contributed by atoms with Gasteiger partial charge >= 0.3 is 0 Å². The lowest BCUT2D eigenvalue weighted by molar-refractivity contribution is 0.0508. The van der Waals surface area contributed by atoms with E-state index < -0.39 is 15.7 Å². The maximum Gasteiger partial charge on any atom is 0.264 e. The summed E-state index contributed by atoms with van der Waals surface area (Å²) >= 11 is 1.77. The molecule has 0 radical (unpaired) electrons. The predicted octanol–water partition coefficient (Wildman–Crippen LogP) is 4.77. The van der Waals surface area contributed by atoms with Crippen molar-refractivity contribution in [3.05, 3.63) is 53.6 Å². The normalized spacial score (nSPS) is 18.6. The summed E-state index contributed by atoms with van der Waals surface area (Å²) in [5, 5.41) is 0. The van der Waals surface area contributed by atoms with Crippen LogP contribution in [-0.4, -0.2) is 53.8 Å². The van der Waals surface area contributed by atoms with Gasteiger partial charge in [0.15, 0.2) is 13.6 Å². The zero-order valence-electron chi connectivity index (χ0n) is 19.7. The van der Waals surface area contributed by atoms with E-state index in [1.807, 2.05) is 38.1 Å². The van der Waals surface area contributed by atoms with E-state index in [2.05, 4.69) is 18.2 Å². The van der Waals surface area contributed by atoms with Crippen LogP contribution < -0.4 is 9.47 Å². The van der Waals surface area contributed by atoms with E-state index in [9.17, 15) is 8.42 Å². The van der Waals surface area contributed by atoms with Crippen molar-refractivity contribution in [2.24, 2.45) is 0 Å². The van der Waals surface area contributed by atoms with Gasteiger partial charge in [-0.05, 0) is 61.6 Å². The molecule has 9 heteroatoms. The molecule has 0 saturated heterocycles. The Morgan fingerprint density at radius 3 is 2.18 bits per heavy atom. The number of rotatable bonds is 11. The highest BCUT2D eigenvalue weighted by molar-refractivity contribution is 7.99. The van der Waals surface area contributed by atoms with Gasteiger partial charge in [0.1, 0.15) is 11.5 Å². The molecule has 1 heterocycles. The van der Waals surface area contributed by atoms with E-state index in [-0.39, 0.29) is 25.4 Å². The van der Waals surface area contributed by atoms with Crippen LogP contribution >= 0.6 is 11.8 Å². The van der Waals surface area contributed by atoms with E-state index in [1.54, 1.807) is 26.0 Å². The summed E-state index contributed by atoms with van der Waals surface area (Å²) in [5.74, 6) is 2.55. The summed E-state index contributed by atoms with van der Waals surface area (Å²) in [6.07, 6.45) is 1.63. The van der Waals surface area contributed by atoms with Crippen LogP contribution in [0.3, 0.4) is 0 Å². The van der Waals surface area contributed by atoms with Gasteiger partial charge in [-0.15, -0.1) is 11.8 Å². The van der Waals surface area contributed by atoms with Crippen molar-refractivity contribution in [1.82, 2.24) is 0 Å². The van der Waals surface area contributed by atoms with Gasteiger partial charge in [-0.2, -0.15) is 8.42 Å². The molecular formula is C24H32O7S2. The minimum atomic E-state index is -3.59. The van der Waals surface area contributed by atoms with Crippen molar-refractivity contribution in [3.8, 4) is 11.5 Å². The topological polar surface area (TPSA) is 80.3 Å². The van der Waals surface area contributed by atoms with Gasteiger partial charge < -0.3 is 18.9 Å². The molecule has 182 valence electrons. The number of benzene rings is 2. The lowest BCUT2D eigenvalue weighted by atomic mass is 9.76. The number of thioether (sulfide) groups is 1. The third kappa shape index (κ3) is 7.35. The molecule has 0 saturated carbocycles. The van der Waals surface area contributed by atoms with Crippen molar-refractivity contribution in [2.75, 3.05) is 39.8 Å². The minimum Gasteiger partial charge on any atom is -0.468 e. The number of fused-ring (bicyclic) bond motifs is 1. The maximum absolute atomic E-state index is 11.9. The summed E-state index contributed by atoms with van der Waals surface area (Å²) in [7, 11) is -0.419. The molecule has 7 nitrogen and oxygen atoms in total. The van der Waals surface area contributed by atoms with Crippen LogP contribution in [0, 0.1) is 0 Å². The van der Waals surface area contributed by atoms with Crippen molar-refractivity contribution >= 4 is 21.9 Å². The molecule has 2 unspecified atom stereocenters. The summed E-state index contributed by atoms with van der Waals surface area (Å²) in [5.41, 5.74) is 1.46. The van der Waals surface area contributed by atoms with Crippen LogP contribution in [0.1, 0.15) is 43.2 Å². The lowest BCUT2D eigenvalue weighted by Crippen LogP contribution is -2.33. The van der Waals surface area contributed by atoms with E-state index in [0.29, 0.717) is 6.42 Å². The lowest BCUT2D eigenvalue weighted by Gasteiger charge is -2.38. The minimum absolute atomic E-state index is 0.0558. The van der Waals surface area contributed by atoms with Crippen molar-refractivity contribution in [3.63, 3.8) is 0 Å². The second-order valence-electron chi connectivity index (χ2n) is 8.65. The van der Waals surface area contributed by atoms with Crippen LogP contribution in [0.5, 0.6) is 11.5 Å². The molecule has 0 amide bonds. The number of methoxy groups -OCH3 is 2. The van der Waals surface area contributed by atoms with Gasteiger partial charge in [-0.25, -0.2) is 0 Å². The van der Waals surface area contributed by atoms with E-state index in [0.717, 1.165) is 39.5 Å². The molecule has 1 aliphatic rings. The highest BCUT2D eigenvalue weighted by Crippen LogP contribution is 2.50. The Labute approximate surface area is 200 Å². The zero-order valence-corrected chi connectivity index (χ0v) is 21.3. The predicted molar refractivity (Wildman–Crippen MR) is 129 cm³/mol. The second-order valence-corrected chi connectivity index (χ2v) is 11.3. The fourth-order valence-electron chi connectivity index (χ4n) is 4.17. The van der Waals surface area contributed by atoms with Gasteiger partial charge in [0.25, 0.3) is 10.1 Å². The smallest absolute Gasteiger partial charge is 0.264 e. The summed E-state index contributed by atoms with van der Waals surface area (Å²) in [6, 6.07) is 14.0. The van der Waals surface area contributed by atoms with Gasteiger partial charge in [0, 0.05) is 30.8 Å². The molecule has 33 heavy (non-hydrogen) atoms. The Balaban J connectivity index is 1.93. The van der Waals surface area contributed by atoms with Gasteiger partial charge in [0.2, 0.25) is 0 Å². The summed E-state index contributed by atoms with van der Waals surface area (Å²) in [4.78, 5) is 1.13. The van der Waals surface area contributed by atoms with Crippen LogP contribution in [0.15, 0.2) is 47.4 Å². The Morgan fingerprint density at radius 1 is 0.970 bits per heavy atom. The number of ether oxygens (including phenoxy) is 4.